The average molecular weight is 387 g/mol. The molecule has 138 valence electrons. The van der Waals surface area contributed by atoms with Gasteiger partial charge in [0, 0.05) is 21.5 Å². The van der Waals surface area contributed by atoms with Crippen LogP contribution in [0.3, 0.4) is 0 Å². The molecule has 0 aromatic heterocycles. The van der Waals surface area contributed by atoms with E-state index in [-0.39, 0.29) is 0 Å². The zero-order valence-corrected chi connectivity index (χ0v) is 17.3. The predicted molar refractivity (Wildman–Crippen MR) is 118 cm³/mol. The van der Waals surface area contributed by atoms with Crippen LogP contribution in [0.5, 0.6) is 11.5 Å². The van der Waals surface area contributed by atoms with E-state index in [2.05, 4.69) is 63.2 Å². The van der Waals surface area contributed by atoms with E-state index in [9.17, 15) is 0 Å². The molecule has 0 aliphatic carbocycles. The third-order valence-electron chi connectivity index (χ3n) is 4.38. The van der Waals surface area contributed by atoms with Crippen LogP contribution >= 0.6 is 23.5 Å². The SMILES string of the molecule is CCSCOc1c2ccccc2c(OCSCC)c2cc(CC)ccc12. The number of thioether (sulfide) groups is 2. The zero-order chi connectivity index (χ0) is 18.4. The number of rotatable bonds is 9. The van der Waals surface area contributed by atoms with Crippen molar-refractivity contribution in [3.05, 3.63) is 48.0 Å². The highest BCUT2D eigenvalue weighted by Crippen LogP contribution is 2.43. The summed E-state index contributed by atoms with van der Waals surface area (Å²) in [5.41, 5.74) is 1.31. The largest absolute Gasteiger partial charge is 0.482 e. The van der Waals surface area contributed by atoms with Crippen LogP contribution in [0.15, 0.2) is 42.5 Å². The normalized spacial score (nSPS) is 11.2. The van der Waals surface area contributed by atoms with E-state index in [0.717, 1.165) is 51.0 Å². The summed E-state index contributed by atoms with van der Waals surface area (Å²) >= 11 is 3.59. The molecule has 0 heterocycles. The molecule has 0 fully saturated rings. The van der Waals surface area contributed by atoms with E-state index in [1.54, 1.807) is 23.5 Å². The minimum Gasteiger partial charge on any atom is -0.482 e. The number of benzene rings is 3. The molecule has 0 N–H and O–H groups in total. The average Bonchev–Trinajstić information content (AvgIpc) is 2.69. The van der Waals surface area contributed by atoms with E-state index in [1.165, 1.54) is 5.56 Å². The minimum atomic E-state index is 0.664. The van der Waals surface area contributed by atoms with Crippen LogP contribution in [-0.4, -0.2) is 23.4 Å². The highest BCUT2D eigenvalue weighted by molar-refractivity contribution is 7.99. The first-order valence-electron chi connectivity index (χ1n) is 9.18. The summed E-state index contributed by atoms with van der Waals surface area (Å²) in [5, 5.41) is 4.53. The molecule has 26 heavy (non-hydrogen) atoms. The quantitative estimate of drug-likeness (QED) is 0.230. The Kier molecular flexibility index (Phi) is 6.98. The minimum absolute atomic E-state index is 0.664. The van der Waals surface area contributed by atoms with Gasteiger partial charge in [0.1, 0.15) is 23.4 Å². The first kappa shape index (κ1) is 19.2. The van der Waals surface area contributed by atoms with Crippen LogP contribution in [0.4, 0.5) is 0 Å². The molecule has 0 spiro atoms. The van der Waals surface area contributed by atoms with Gasteiger partial charge in [-0.05, 0) is 29.6 Å². The van der Waals surface area contributed by atoms with Crippen molar-refractivity contribution in [2.45, 2.75) is 27.2 Å². The lowest BCUT2D eigenvalue weighted by molar-refractivity contribution is 0.395. The second-order valence-electron chi connectivity index (χ2n) is 5.95. The Morgan fingerprint density at radius 3 is 1.77 bits per heavy atom. The van der Waals surface area contributed by atoms with Crippen LogP contribution in [0.1, 0.15) is 26.3 Å². The Morgan fingerprint density at radius 2 is 1.23 bits per heavy atom. The molecule has 0 saturated carbocycles. The van der Waals surface area contributed by atoms with Crippen LogP contribution in [0, 0.1) is 0 Å². The molecule has 0 saturated heterocycles. The molecular weight excluding hydrogens is 360 g/mol. The fourth-order valence-corrected chi connectivity index (χ4v) is 3.78. The Morgan fingerprint density at radius 1 is 0.692 bits per heavy atom. The Balaban J connectivity index is 2.22. The van der Waals surface area contributed by atoms with Gasteiger partial charge in [0.2, 0.25) is 0 Å². The van der Waals surface area contributed by atoms with Crippen LogP contribution in [-0.2, 0) is 6.42 Å². The summed E-state index contributed by atoms with van der Waals surface area (Å²) in [5.74, 6) is 5.36. The third-order valence-corrected chi connectivity index (χ3v) is 5.76. The molecule has 0 aliphatic rings. The summed E-state index contributed by atoms with van der Waals surface area (Å²) in [6.45, 7) is 6.49. The number of hydrogen-bond acceptors (Lipinski definition) is 4. The molecule has 4 heteroatoms. The van der Waals surface area contributed by atoms with Gasteiger partial charge < -0.3 is 9.47 Å². The van der Waals surface area contributed by atoms with Crippen molar-refractivity contribution in [2.24, 2.45) is 0 Å². The first-order valence-corrected chi connectivity index (χ1v) is 11.5. The van der Waals surface area contributed by atoms with Gasteiger partial charge in [-0.2, -0.15) is 0 Å². The van der Waals surface area contributed by atoms with E-state index >= 15 is 0 Å². The van der Waals surface area contributed by atoms with Crippen LogP contribution in [0.25, 0.3) is 21.5 Å². The van der Waals surface area contributed by atoms with Crippen molar-refractivity contribution in [2.75, 3.05) is 23.4 Å². The lowest BCUT2D eigenvalue weighted by atomic mass is 9.98. The molecule has 0 atom stereocenters. The molecule has 2 nitrogen and oxygen atoms in total. The van der Waals surface area contributed by atoms with Crippen LogP contribution in [0.2, 0.25) is 0 Å². The zero-order valence-electron chi connectivity index (χ0n) is 15.7. The predicted octanol–water partition coefficient (Wildman–Crippen LogP) is 6.73. The van der Waals surface area contributed by atoms with Gasteiger partial charge in [0.25, 0.3) is 0 Å². The monoisotopic (exact) mass is 386 g/mol. The van der Waals surface area contributed by atoms with Crippen molar-refractivity contribution in [3.8, 4) is 11.5 Å². The van der Waals surface area contributed by atoms with E-state index in [0.29, 0.717) is 11.9 Å². The van der Waals surface area contributed by atoms with Gasteiger partial charge in [0.15, 0.2) is 0 Å². The molecule has 0 aliphatic heterocycles. The van der Waals surface area contributed by atoms with E-state index < -0.39 is 0 Å². The molecule has 0 amide bonds. The second kappa shape index (κ2) is 9.43. The summed E-state index contributed by atoms with van der Waals surface area (Å²) in [4.78, 5) is 0. The first-order chi connectivity index (χ1) is 12.8. The molecule has 0 unspecified atom stereocenters. The molecule has 3 rings (SSSR count). The van der Waals surface area contributed by atoms with Gasteiger partial charge in [-0.3, -0.25) is 0 Å². The highest BCUT2D eigenvalue weighted by Gasteiger charge is 2.16. The maximum atomic E-state index is 6.26. The van der Waals surface area contributed by atoms with Crippen LogP contribution < -0.4 is 9.47 Å². The maximum absolute atomic E-state index is 6.26. The summed E-state index contributed by atoms with van der Waals surface area (Å²) in [6, 6.07) is 15.1. The summed E-state index contributed by atoms with van der Waals surface area (Å²) in [6.07, 6.45) is 1.01. The summed E-state index contributed by atoms with van der Waals surface area (Å²) in [7, 11) is 0. The van der Waals surface area contributed by atoms with Gasteiger partial charge in [-0.1, -0.05) is 57.2 Å². The van der Waals surface area contributed by atoms with Gasteiger partial charge >= 0.3 is 0 Å². The fourth-order valence-electron chi connectivity index (χ4n) is 3.05. The second-order valence-corrected chi connectivity index (χ2v) is 8.39. The summed E-state index contributed by atoms with van der Waals surface area (Å²) < 4.78 is 12.5. The number of hydrogen-bond donors (Lipinski definition) is 0. The number of aryl methyl sites for hydroxylation is 1. The van der Waals surface area contributed by atoms with Crippen molar-refractivity contribution in [3.63, 3.8) is 0 Å². The molecule has 3 aromatic carbocycles. The third kappa shape index (κ3) is 4.07. The van der Waals surface area contributed by atoms with Gasteiger partial charge in [-0.15, -0.1) is 23.5 Å². The fraction of sp³-hybridized carbons (Fsp3) is 0.364. The lowest BCUT2D eigenvalue weighted by Gasteiger charge is -2.18. The van der Waals surface area contributed by atoms with Crippen molar-refractivity contribution < 1.29 is 9.47 Å². The Hall–Kier alpha value is -1.52. The van der Waals surface area contributed by atoms with E-state index in [4.69, 9.17) is 9.47 Å². The number of fused-ring (bicyclic) bond motifs is 2. The lowest BCUT2D eigenvalue weighted by Crippen LogP contribution is -2.00. The van der Waals surface area contributed by atoms with Gasteiger partial charge in [0.05, 0.1) is 0 Å². The highest BCUT2D eigenvalue weighted by atomic mass is 32.2. The Labute approximate surface area is 164 Å². The topological polar surface area (TPSA) is 18.5 Å². The molecule has 0 bridgehead atoms. The molecular formula is C22H26O2S2. The van der Waals surface area contributed by atoms with E-state index in [1.807, 2.05) is 0 Å². The molecule has 3 aromatic rings. The standard InChI is InChI=1S/C22H26O2S2/c1-4-16-11-12-19-20(13-16)22(24-15-26-6-3)18-10-8-7-9-17(18)21(19)23-14-25-5-2/h7-13H,4-6,14-15H2,1-3H3. The maximum Gasteiger partial charge on any atom is 0.136 e. The smallest absolute Gasteiger partial charge is 0.136 e. The molecule has 0 radical (unpaired) electrons. The van der Waals surface area contributed by atoms with Crippen molar-refractivity contribution in [1.29, 1.82) is 0 Å². The van der Waals surface area contributed by atoms with Crippen molar-refractivity contribution in [1.82, 2.24) is 0 Å². The van der Waals surface area contributed by atoms with Gasteiger partial charge in [-0.25, -0.2) is 0 Å². The number of ether oxygens (including phenoxy) is 2. The Bertz CT molecular complexity index is 877. The van der Waals surface area contributed by atoms with Crippen molar-refractivity contribution >= 4 is 45.1 Å².